The molecule has 1 fully saturated rings. The molecule has 1 saturated heterocycles. The fraction of sp³-hybridized carbons (Fsp3) is 0.276. The summed E-state index contributed by atoms with van der Waals surface area (Å²) >= 11 is 0. The Labute approximate surface area is 205 Å². The molecule has 3 aromatic rings. The van der Waals surface area contributed by atoms with Gasteiger partial charge in [-0.2, -0.15) is 0 Å². The Bertz CT molecular complexity index is 1260. The fourth-order valence-corrected chi connectivity index (χ4v) is 4.20. The molecule has 1 aliphatic heterocycles. The number of aromatic nitrogens is 1. The van der Waals surface area contributed by atoms with E-state index in [0.29, 0.717) is 18.1 Å². The number of likely N-dealkylation sites (tertiary alicyclic amines) is 1. The minimum atomic E-state index is -0.715. The molecule has 4 rings (SSSR count). The number of ether oxygens (including phenoxy) is 1. The summed E-state index contributed by atoms with van der Waals surface area (Å²) in [5.41, 5.74) is 4.01. The molecule has 0 spiro atoms. The van der Waals surface area contributed by atoms with Gasteiger partial charge in [-0.25, -0.2) is 0 Å². The lowest BCUT2D eigenvalue weighted by Gasteiger charge is -2.25. The van der Waals surface area contributed by atoms with E-state index < -0.39 is 17.7 Å². The van der Waals surface area contributed by atoms with E-state index in [0.717, 1.165) is 28.0 Å². The van der Waals surface area contributed by atoms with Crippen LogP contribution < -0.4 is 4.74 Å². The molecule has 0 radical (unpaired) electrons. The summed E-state index contributed by atoms with van der Waals surface area (Å²) in [6.45, 7) is 8.80. The number of benzene rings is 2. The smallest absolute Gasteiger partial charge is 0.295 e. The number of ketones is 1. The van der Waals surface area contributed by atoms with Crippen molar-refractivity contribution in [3.05, 3.63) is 100 Å². The van der Waals surface area contributed by atoms with Crippen LogP contribution in [0, 0.1) is 19.8 Å². The number of carbonyl (C=O) groups excluding carboxylic acids is 2. The van der Waals surface area contributed by atoms with E-state index in [1.165, 1.54) is 4.90 Å². The van der Waals surface area contributed by atoms with Gasteiger partial charge in [0.1, 0.15) is 11.5 Å². The first-order valence-corrected chi connectivity index (χ1v) is 11.7. The van der Waals surface area contributed by atoms with Crippen LogP contribution in [-0.2, 0) is 16.1 Å². The molecule has 2 aromatic carbocycles. The number of nitrogens with zero attached hydrogens (tertiary/aromatic N) is 2. The van der Waals surface area contributed by atoms with Crippen LogP contribution in [0.25, 0.3) is 5.76 Å². The molecule has 2 heterocycles. The lowest BCUT2D eigenvalue weighted by atomic mass is 9.94. The zero-order valence-corrected chi connectivity index (χ0v) is 20.5. The van der Waals surface area contributed by atoms with Crippen molar-refractivity contribution in [2.75, 3.05) is 6.61 Å². The minimum Gasteiger partial charge on any atom is -0.507 e. The zero-order valence-electron chi connectivity index (χ0n) is 20.5. The third-order valence-corrected chi connectivity index (χ3v) is 6.03. The number of pyridine rings is 1. The van der Waals surface area contributed by atoms with E-state index in [9.17, 15) is 14.7 Å². The first kappa shape index (κ1) is 24.2. The average Bonchev–Trinajstić information content (AvgIpc) is 3.09. The van der Waals surface area contributed by atoms with Crippen LogP contribution in [0.4, 0.5) is 0 Å². The Kier molecular flexibility index (Phi) is 7.01. The predicted octanol–water partition coefficient (Wildman–Crippen LogP) is 5.36. The molecule has 35 heavy (non-hydrogen) atoms. The molecule has 0 saturated carbocycles. The van der Waals surface area contributed by atoms with Crippen LogP contribution in [0.3, 0.4) is 0 Å². The van der Waals surface area contributed by atoms with Gasteiger partial charge in [0.25, 0.3) is 11.7 Å². The van der Waals surface area contributed by atoms with E-state index in [2.05, 4.69) is 18.8 Å². The van der Waals surface area contributed by atoms with Crippen molar-refractivity contribution in [2.24, 2.45) is 5.92 Å². The van der Waals surface area contributed by atoms with Crippen molar-refractivity contribution in [2.45, 2.75) is 40.3 Å². The highest BCUT2D eigenvalue weighted by molar-refractivity contribution is 6.46. The van der Waals surface area contributed by atoms with Crippen LogP contribution >= 0.6 is 0 Å². The van der Waals surface area contributed by atoms with Gasteiger partial charge < -0.3 is 14.7 Å². The largest absolute Gasteiger partial charge is 0.507 e. The SMILES string of the molecule is Cc1ccc([C@@H]2C(=C(O)c3ccc(OCC(C)C)c(C)c3)C(=O)C(=O)N2Cc2cccnc2)cc1. The Morgan fingerprint density at radius 2 is 1.83 bits per heavy atom. The maximum atomic E-state index is 13.3. The van der Waals surface area contributed by atoms with Crippen LogP contribution in [0.15, 0.2) is 72.6 Å². The molecular weight excluding hydrogens is 440 g/mol. The standard InChI is InChI=1S/C29H30N2O4/c1-18(2)17-35-24-12-11-23(14-20(24)4)27(32)25-26(22-9-7-19(3)8-10-22)31(29(34)28(25)33)16-21-6-5-13-30-15-21/h5-15,18,26,32H,16-17H2,1-4H3/t26-/m1/s1. The maximum Gasteiger partial charge on any atom is 0.295 e. The van der Waals surface area contributed by atoms with Crippen molar-refractivity contribution in [3.8, 4) is 5.75 Å². The molecule has 0 bridgehead atoms. The summed E-state index contributed by atoms with van der Waals surface area (Å²) in [7, 11) is 0. The number of aliphatic hydroxyl groups excluding tert-OH is 1. The lowest BCUT2D eigenvalue weighted by Crippen LogP contribution is -2.29. The second-order valence-corrected chi connectivity index (χ2v) is 9.38. The Morgan fingerprint density at radius 1 is 1.09 bits per heavy atom. The Balaban J connectivity index is 1.78. The van der Waals surface area contributed by atoms with Gasteiger partial charge in [0.15, 0.2) is 0 Å². The summed E-state index contributed by atoms with van der Waals surface area (Å²) < 4.78 is 5.85. The second kappa shape index (κ2) is 10.1. The highest BCUT2D eigenvalue weighted by atomic mass is 16.5. The molecule has 1 amide bonds. The maximum absolute atomic E-state index is 13.3. The van der Waals surface area contributed by atoms with Crippen molar-refractivity contribution in [3.63, 3.8) is 0 Å². The monoisotopic (exact) mass is 470 g/mol. The number of carbonyl (C=O) groups is 2. The summed E-state index contributed by atoms with van der Waals surface area (Å²) in [6.07, 6.45) is 3.33. The van der Waals surface area contributed by atoms with Crippen LogP contribution in [0.2, 0.25) is 0 Å². The Morgan fingerprint density at radius 3 is 2.46 bits per heavy atom. The first-order chi connectivity index (χ1) is 16.8. The van der Waals surface area contributed by atoms with Crippen LogP contribution in [0.1, 0.15) is 47.7 Å². The van der Waals surface area contributed by atoms with Crippen molar-refractivity contribution in [1.82, 2.24) is 9.88 Å². The number of hydrogen-bond acceptors (Lipinski definition) is 5. The molecule has 0 aliphatic carbocycles. The molecule has 1 N–H and O–H groups in total. The first-order valence-electron chi connectivity index (χ1n) is 11.7. The number of rotatable bonds is 7. The summed E-state index contributed by atoms with van der Waals surface area (Å²) in [6, 6.07) is 15.9. The van der Waals surface area contributed by atoms with Gasteiger partial charge in [-0.1, -0.05) is 49.7 Å². The van der Waals surface area contributed by atoms with Crippen molar-refractivity contribution in [1.29, 1.82) is 0 Å². The van der Waals surface area contributed by atoms with Gasteiger partial charge in [-0.3, -0.25) is 14.6 Å². The van der Waals surface area contributed by atoms with E-state index in [4.69, 9.17) is 4.74 Å². The summed E-state index contributed by atoms with van der Waals surface area (Å²) in [5.74, 6) is -0.430. The summed E-state index contributed by atoms with van der Waals surface area (Å²) in [4.78, 5) is 32.1. The van der Waals surface area contributed by atoms with E-state index in [1.54, 1.807) is 36.7 Å². The molecule has 6 heteroatoms. The van der Waals surface area contributed by atoms with Crippen LogP contribution in [0.5, 0.6) is 5.75 Å². The van der Waals surface area contributed by atoms with Gasteiger partial charge in [0.2, 0.25) is 0 Å². The van der Waals surface area contributed by atoms with Crippen LogP contribution in [-0.4, -0.2) is 33.3 Å². The lowest BCUT2D eigenvalue weighted by molar-refractivity contribution is -0.140. The van der Waals surface area contributed by atoms with Gasteiger partial charge >= 0.3 is 0 Å². The average molecular weight is 471 g/mol. The third kappa shape index (κ3) is 5.11. The molecule has 1 aromatic heterocycles. The van der Waals surface area contributed by atoms with Crippen molar-refractivity contribution >= 4 is 17.4 Å². The van der Waals surface area contributed by atoms with E-state index >= 15 is 0 Å². The molecule has 6 nitrogen and oxygen atoms in total. The Hall–Kier alpha value is -3.93. The number of aryl methyl sites for hydroxylation is 2. The predicted molar refractivity (Wildman–Crippen MR) is 135 cm³/mol. The normalized spacial score (nSPS) is 17.3. The number of Topliss-reactive ketones (excluding diaryl/α,β-unsaturated/α-hetero) is 1. The highest BCUT2D eigenvalue weighted by Crippen LogP contribution is 2.40. The van der Waals surface area contributed by atoms with Gasteiger partial charge in [0, 0.05) is 24.5 Å². The van der Waals surface area contributed by atoms with Crippen molar-refractivity contribution < 1.29 is 19.4 Å². The van der Waals surface area contributed by atoms with Gasteiger partial charge in [0.05, 0.1) is 18.2 Å². The molecule has 0 unspecified atom stereocenters. The second-order valence-electron chi connectivity index (χ2n) is 9.38. The highest BCUT2D eigenvalue weighted by Gasteiger charge is 2.46. The molecular formula is C29H30N2O4. The van der Waals surface area contributed by atoms with E-state index in [-0.39, 0.29) is 17.9 Å². The zero-order chi connectivity index (χ0) is 25.1. The summed E-state index contributed by atoms with van der Waals surface area (Å²) in [5, 5.41) is 11.3. The topological polar surface area (TPSA) is 79.7 Å². The third-order valence-electron chi connectivity index (χ3n) is 6.03. The number of amides is 1. The number of hydrogen-bond donors (Lipinski definition) is 1. The minimum absolute atomic E-state index is 0.0815. The molecule has 1 aliphatic rings. The number of aliphatic hydroxyl groups is 1. The van der Waals surface area contributed by atoms with Gasteiger partial charge in [-0.15, -0.1) is 0 Å². The quantitative estimate of drug-likeness (QED) is 0.286. The molecule has 180 valence electrons. The molecule has 1 atom stereocenters. The fourth-order valence-electron chi connectivity index (χ4n) is 4.20. The van der Waals surface area contributed by atoms with E-state index in [1.807, 2.05) is 44.2 Å². The van der Waals surface area contributed by atoms with Gasteiger partial charge in [-0.05, 0) is 60.7 Å².